The summed E-state index contributed by atoms with van der Waals surface area (Å²) in [6, 6.07) is 58.1. The molecule has 56 heavy (non-hydrogen) atoms. The number of para-hydroxylation sites is 4. The van der Waals surface area contributed by atoms with E-state index in [2.05, 4.69) is 69.8 Å². The molecule has 0 amide bonds. The molecule has 6 heteroatoms. The third-order valence-electron chi connectivity index (χ3n) is 11.4. The molecule has 0 unspecified atom stereocenters. The third-order valence-corrected chi connectivity index (χ3v) is 11.4. The molecule has 0 aliphatic rings. The molecule has 12 aromatic rings. The fourth-order valence-corrected chi connectivity index (χ4v) is 9.03. The largest absolute Gasteiger partial charge is 0.456 e. The molecule has 258 valence electrons. The highest BCUT2D eigenvalue weighted by atomic mass is 16.3. The lowest BCUT2D eigenvalue weighted by Gasteiger charge is -2.14. The summed E-state index contributed by atoms with van der Waals surface area (Å²) in [6.07, 6.45) is 0. The van der Waals surface area contributed by atoms with Gasteiger partial charge >= 0.3 is 0 Å². The second-order valence-electron chi connectivity index (χ2n) is 14.3. The number of nitriles is 2. The van der Waals surface area contributed by atoms with E-state index in [-0.39, 0.29) is 0 Å². The summed E-state index contributed by atoms with van der Waals surface area (Å²) in [7, 11) is 0. The van der Waals surface area contributed by atoms with Gasteiger partial charge in [0.2, 0.25) is 0 Å². The molecule has 0 N–H and O–H groups in total. The minimum atomic E-state index is 0.522. The van der Waals surface area contributed by atoms with Gasteiger partial charge in [0.1, 0.15) is 34.5 Å². The summed E-state index contributed by atoms with van der Waals surface area (Å²) >= 11 is 0. The van der Waals surface area contributed by atoms with E-state index in [0.29, 0.717) is 11.1 Å². The first kappa shape index (κ1) is 30.4. The molecule has 0 bridgehead atoms. The van der Waals surface area contributed by atoms with Gasteiger partial charge in [0.25, 0.3) is 0 Å². The number of furan rings is 2. The van der Waals surface area contributed by atoms with Gasteiger partial charge in [0.15, 0.2) is 0 Å². The van der Waals surface area contributed by atoms with Crippen LogP contribution in [0.3, 0.4) is 0 Å². The Labute approximate surface area is 318 Å². The molecule has 0 atom stereocenters. The van der Waals surface area contributed by atoms with Crippen molar-refractivity contribution in [2.24, 2.45) is 0 Å². The maximum absolute atomic E-state index is 10.7. The molecule has 4 aromatic heterocycles. The Hall–Kier alpha value is -8.06. The van der Waals surface area contributed by atoms with Crippen molar-refractivity contribution in [3.63, 3.8) is 0 Å². The predicted octanol–water partition coefficient (Wildman–Crippen LogP) is 13.1. The lowest BCUT2D eigenvalue weighted by Crippen LogP contribution is -2.00. The molecular formula is C50H26N4O2. The van der Waals surface area contributed by atoms with Gasteiger partial charge in [-0.15, -0.1) is 0 Å². The van der Waals surface area contributed by atoms with Crippen LogP contribution in [0.1, 0.15) is 11.1 Å². The highest BCUT2D eigenvalue weighted by Crippen LogP contribution is 2.43. The van der Waals surface area contributed by atoms with Crippen molar-refractivity contribution in [1.29, 1.82) is 10.5 Å². The van der Waals surface area contributed by atoms with E-state index in [9.17, 15) is 10.5 Å². The molecule has 12 rings (SSSR count). The number of nitrogens with zero attached hydrogens (tertiary/aromatic N) is 4. The molecule has 0 fully saturated rings. The lowest BCUT2D eigenvalue weighted by atomic mass is 9.99. The molecule has 8 aromatic carbocycles. The maximum Gasteiger partial charge on any atom is 0.137 e. The van der Waals surface area contributed by atoms with E-state index in [1.54, 1.807) is 0 Å². The summed E-state index contributed by atoms with van der Waals surface area (Å²) in [5.41, 5.74) is 11.5. The van der Waals surface area contributed by atoms with Crippen LogP contribution in [0.25, 0.3) is 110 Å². The normalized spacial score (nSPS) is 11.9. The van der Waals surface area contributed by atoms with Crippen molar-refractivity contribution in [2.45, 2.75) is 0 Å². The first-order valence-corrected chi connectivity index (χ1v) is 18.5. The van der Waals surface area contributed by atoms with Crippen LogP contribution in [0.2, 0.25) is 0 Å². The topological polar surface area (TPSA) is 83.7 Å². The molecule has 0 aliphatic carbocycles. The van der Waals surface area contributed by atoms with E-state index >= 15 is 0 Å². The summed E-state index contributed by atoms with van der Waals surface area (Å²) in [5, 5.41) is 30.0. The average Bonchev–Trinajstić information content (AvgIpc) is 4.00. The van der Waals surface area contributed by atoms with Gasteiger partial charge in [-0.25, -0.2) is 0 Å². The number of hydrogen-bond acceptors (Lipinski definition) is 4. The Balaban J connectivity index is 1.07. The van der Waals surface area contributed by atoms with Crippen molar-refractivity contribution in [1.82, 2.24) is 9.13 Å². The average molecular weight is 715 g/mol. The third kappa shape index (κ3) is 4.02. The molecular weight excluding hydrogens is 689 g/mol. The zero-order valence-corrected chi connectivity index (χ0v) is 29.6. The number of hydrogen-bond donors (Lipinski definition) is 0. The van der Waals surface area contributed by atoms with Gasteiger partial charge < -0.3 is 18.0 Å². The molecule has 0 aliphatic heterocycles. The van der Waals surface area contributed by atoms with Crippen molar-refractivity contribution in [2.75, 3.05) is 0 Å². The minimum absolute atomic E-state index is 0.522. The van der Waals surface area contributed by atoms with Gasteiger partial charge in [0, 0.05) is 32.3 Å². The highest BCUT2D eigenvalue weighted by Gasteiger charge is 2.23. The fraction of sp³-hybridized carbons (Fsp3) is 0. The number of fused-ring (bicyclic) bond motifs is 14. The van der Waals surface area contributed by atoms with Gasteiger partial charge in [-0.3, -0.25) is 0 Å². The van der Waals surface area contributed by atoms with Crippen LogP contribution < -0.4 is 0 Å². The maximum atomic E-state index is 10.7. The van der Waals surface area contributed by atoms with E-state index < -0.39 is 0 Å². The number of benzene rings is 8. The van der Waals surface area contributed by atoms with Crippen LogP contribution in [-0.4, -0.2) is 9.13 Å². The minimum Gasteiger partial charge on any atom is -0.456 e. The Bertz CT molecular complexity index is 3500. The van der Waals surface area contributed by atoms with Crippen LogP contribution in [0.15, 0.2) is 167 Å². The zero-order valence-electron chi connectivity index (χ0n) is 29.6. The zero-order chi connectivity index (χ0) is 37.1. The van der Waals surface area contributed by atoms with E-state index in [1.807, 2.05) is 109 Å². The fourth-order valence-electron chi connectivity index (χ4n) is 9.03. The second-order valence-corrected chi connectivity index (χ2v) is 14.3. The SMILES string of the molecule is N#Cc1cc(-c2ccc(-n3c4ccccc4c4ccc5oc6ccccc6c5c43)c(C#N)c2)ccc1-n1c2ccccc2c2ccc3oc4ccccc4c3c21. The van der Waals surface area contributed by atoms with Gasteiger partial charge in [-0.1, -0.05) is 84.9 Å². The number of aromatic nitrogens is 2. The van der Waals surface area contributed by atoms with Crippen LogP contribution >= 0.6 is 0 Å². The van der Waals surface area contributed by atoms with E-state index in [0.717, 1.165) is 110 Å². The molecule has 0 spiro atoms. The van der Waals surface area contributed by atoms with Crippen molar-refractivity contribution < 1.29 is 8.83 Å². The van der Waals surface area contributed by atoms with Gasteiger partial charge in [-0.05, 0) is 83.9 Å². The summed E-state index contributed by atoms with van der Waals surface area (Å²) in [5.74, 6) is 0. The Morgan fingerprint density at radius 1 is 0.375 bits per heavy atom. The second kappa shape index (κ2) is 11.2. The first-order valence-electron chi connectivity index (χ1n) is 18.5. The van der Waals surface area contributed by atoms with Crippen LogP contribution in [0, 0.1) is 22.7 Å². The van der Waals surface area contributed by atoms with Crippen LogP contribution in [0.4, 0.5) is 0 Å². The number of rotatable bonds is 3. The quantitative estimate of drug-likeness (QED) is 0.182. The van der Waals surface area contributed by atoms with Crippen molar-refractivity contribution >= 4 is 87.5 Å². The van der Waals surface area contributed by atoms with Crippen molar-refractivity contribution in [3.05, 3.63) is 169 Å². The summed E-state index contributed by atoms with van der Waals surface area (Å²) in [4.78, 5) is 0. The Kier molecular flexibility index (Phi) is 6.10. The van der Waals surface area contributed by atoms with E-state index in [1.165, 1.54) is 0 Å². The monoisotopic (exact) mass is 714 g/mol. The lowest BCUT2D eigenvalue weighted by molar-refractivity contribution is 0.669. The molecule has 0 saturated heterocycles. The molecule has 0 radical (unpaired) electrons. The van der Waals surface area contributed by atoms with Crippen LogP contribution in [0.5, 0.6) is 0 Å². The van der Waals surface area contributed by atoms with Crippen molar-refractivity contribution in [3.8, 4) is 34.6 Å². The molecule has 6 nitrogen and oxygen atoms in total. The van der Waals surface area contributed by atoms with Crippen LogP contribution in [-0.2, 0) is 0 Å². The highest BCUT2D eigenvalue weighted by molar-refractivity contribution is 6.26. The standard InChI is InChI=1S/C50H26N4O2/c51-27-31-25-29(17-21-39(31)53-41-13-5-1-9-33(41)35-19-23-45-47(49(35)53)37-11-3-7-15-43(37)55-45)30-18-22-40(32(26-30)28-52)54-42-14-6-2-10-34(42)36-20-24-46-48(50(36)54)38-12-4-8-16-44(38)56-46/h1-26H. The van der Waals surface area contributed by atoms with E-state index in [4.69, 9.17) is 8.83 Å². The van der Waals surface area contributed by atoms with Gasteiger partial charge in [0.05, 0.1) is 55.3 Å². The summed E-state index contributed by atoms with van der Waals surface area (Å²) < 4.78 is 17.0. The predicted molar refractivity (Wildman–Crippen MR) is 225 cm³/mol. The molecule has 0 saturated carbocycles. The first-order chi connectivity index (χ1) is 27.7. The van der Waals surface area contributed by atoms with Gasteiger partial charge in [-0.2, -0.15) is 10.5 Å². The Morgan fingerprint density at radius 3 is 1.23 bits per heavy atom. The smallest absolute Gasteiger partial charge is 0.137 e. The summed E-state index contributed by atoms with van der Waals surface area (Å²) in [6.45, 7) is 0. The molecule has 4 heterocycles. The Morgan fingerprint density at radius 2 is 0.786 bits per heavy atom.